The van der Waals surface area contributed by atoms with Crippen LogP contribution in [0.5, 0.6) is 0 Å². The van der Waals surface area contributed by atoms with E-state index in [4.69, 9.17) is 5.26 Å². The zero-order valence-corrected chi connectivity index (χ0v) is 10.6. The number of nitrogens with zero attached hydrogens (tertiary/aromatic N) is 2. The summed E-state index contributed by atoms with van der Waals surface area (Å²) in [5, 5.41) is 10.6. The van der Waals surface area contributed by atoms with E-state index in [-0.39, 0.29) is 12.0 Å². The van der Waals surface area contributed by atoms with E-state index in [1.807, 2.05) is 0 Å². The van der Waals surface area contributed by atoms with Crippen LogP contribution in [0, 0.1) is 22.7 Å². The number of hydrogen-bond acceptors (Lipinski definition) is 3. The summed E-state index contributed by atoms with van der Waals surface area (Å²) < 4.78 is 0. The van der Waals surface area contributed by atoms with E-state index in [0.29, 0.717) is 19.0 Å². The normalized spacial score (nSPS) is 19.9. The average molecular weight is 237 g/mol. The SMILES string of the molecule is CC(C)(C)C1CCN(C(=O)C(=O)NCC#N)C1. The van der Waals surface area contributed by atoms with E-state index in [1.165, 1.54) is 0 Å². The van der Waals surface area contributed by atoms with Gasteiger partial charge in [0.15, 0.2) is 0 Å². The number of amides is 2. The molecule has 0 aromatic heterocycles. The Labute approximate surface area is 102 Å². The van der Waals surface area contributed by atoms with Crippen molar-refractivity contribution in [1.29, 1.82) is 5.26 Å². The van der Waals surface area contributed by atoms with E-state index >= 15 is 0 Å². The monoisotopic (exact) mass is 237 g/mol. The van der Waals surface area contributed by atoms with Gasteiger partial charge in [-0.2, -0.15) is 5.26 Å². The third-order valence-corrected chi connectivity index (χ3v) is 3.22. The smallest absolute Gasteiger partial charge is 0.311 e. The molecule has 5 heteroatoms. The molecule has 1 fully saturated rings. The van der Waals surface area contributed by atoms with Gasteiger partial charge < -0.3 is 10.2 Å². The molecule has 0 aromatic carbocycles. The van der Waals surface area contributed by atoms with E-state index in [0.717, 1.165) is 6.42 Å². The highest BCUT2D eigenvalue weighted by Gasteiger charge is 2.35. The van der Waals surface area contributed by atoms with Gasteiger partial charge in [0, 0.05) is 13.1 Å². The maximum Gasteiger partial charge on any atom is 0.311 e. The summed E-state index contributed by atoms with van der Waals surface area (Å²) in [5.74, 6) is -0.775. The molecule has 1 heterocycles. The van der Waals surface area contributed by atoms with Crippen LogP contribution < -0.4 is 5.32 Å². The van der Waals surface area contributed by atoms with Crippen molar-refractivity contribution in [3.63, 3.8) is 0 Å². The lowest BCUT2D eigenvalue weighted by Gasteiger charge is -2.26. The Kier molecular flexibility index (Phi) is 4.11. The number of hydrogen-bond donors (Lipinski definition) is 1. The van der Waals surface area contributed by atoms with Gasteiger partial charge in [-0.1, -0.05) is 20.8 Å². The first-order valence-corrected chi connectivity index (χ1v) is 5.80. The lowest BCUT2D eigenvalue weighted by atomic mass is 9.80. The van der Waals surface area contributed by atoms with Gasteiger partial charge in [0.2, 0.25) is 0 Å². The quantitative estimate of drug-likeness (QED) is 0.534. The Morgan fingerprint density at radius 2 is 2.12 bits per heavy atom. The number of carbonyl (C=O) groups excluding carboxylic acids is 2. The number of nitriles is 1. The number of rotatable bonds is 1. The third-order valence-electron chi connectivity index (χ3n) is 3.22. The molecule has 0 saturated carbocycles. The van der Waals surface area contributed by atoms with Gasteiger partial charge >= 0.3 is 11.8 Å². The summed E-state index contributed by atoms with van der Waals surface area (Å²) in [6.07, 6.45) is 0.931. The highest BCUT2D eigenvalue weighted by molar-refractivity contribution is 6.35. The largest absolute Gasteiger partial charge is 0.335 e. The minimum absolute atomic E-state index is 0.124. The van der Waals surface area contributed by atoms with E-state index in [2.05, 4.69) is 26.1 Å². The van der Waals surface area contributed by atoms with Crippen LogP contribution in [0.4, 0.5) is 0 Å². The Morgan fingerprint density at radius 1 is 1.47 bits per heavy atom. The first-order chi connectivity index (χ1) is 7.86. The molecule has 17 heavy (non-hydrogen) atoms. The van der Waals surface area contributed by atoms with Crippen LogP contribution in [0.3, 0.4) is 0 Å². The number of likely N-dealkylation sites (tertiary alicyclic amines) is 1. The third kappa shape index (κ3) is 3.45. The molecule has 1 rings (SSSR count). The lowest BCUT2D eigenvalue weighted by molar-refractivity contribution is -0.145. The van der Waals surface area contributed by atoms with Crippen molar-refractivity contribution < 1.29 is 9.59 Å². The van der Waals surface area contributed by atoms with Crippen LogP contribution in [0.2, 0.25) is 0 Å². The minimum atomic E-state index is -0.680. The molecule has 2 amide bonds. The molecule has 1 N–H and O–H groups in total. The molecule has 1 saturated heterocycles. The van der Waals surface area contributed by atoms with E-state index < -0.39 is 11.8 Å². The summed E-state index contributed by atoms with van der Waals surface area (Å²) in [6.45, 7) is 7.55. The van der Waals surface area contributed by atoms with Gasteiger partial charge in [-0.3, -0.25) is 9.59 Å². The fraction of sp³-hybridized carbons (Fsp3) is 0.750. The van der Waals surface area contributed by atoms with Crippen molar-refractivity contribution >= 4 is 11.8 Å². The second-order valence-corrected chi connectivity index (χ2v) is 5.44. The van der Waals surface area contributed by atoms with Crippen LogP contribution in [0.1, 0.15) is 27.2 Å². The molecule has 0 bridgehead atoms. The van der Waals surface area contributed by atoms with Crippen molar-refractivity contribution in [2.24, 2.45) is 11.3 Å². The molecule has 0 spiro atoms. The Bertz CT molecular complexity index is 352. The molecule has 5 nitrogen and oxygen atoms in total. The predicted octanol–water partition coefficient (Wildman–Crippen LogP) is 0.521. The van der Waals surface area contributed by atoms with Gasteiger partial charge in [0.05, 0.1) is 6.07 Å². The summed E-state index contributed by atoms with van der Waals surface area (Å²) in [5.41, 5.74) is 0.151. The fourth-order valence-electron chi connectivity index (χ4n) is 1.99. The van der Waals surface area contributed by atoms with E-state index in [9.17, 15) is 9.59 Å². The molecule has 0 aliphatic carbocycles. The molecular formula is C12H19N3O2. The Hall–Kier alpha value is -1.57. The van der Waals surface area contributed by atoms with Crippen molar-refractivity contribution in [2.75, 3.05) is 19.6 Å². The van der Waals surface area contributed by atoms with Crippen LogP contribution in [-0.2, 0) is 9.59 Å². The number of nitrogens with one attached hydrogen (secondary N) is 1. The fourth-order valence-corrected chi connectivity index (χ4v) is 1.99. The van der Waals surface area contributed by atoms with Crippen LogP contribution >= 0.6 is 0 Å². The van der Waals surface area contributed by atoms with Gasteiger partial charge in [0.1, 0.15) is 6.54 Å². The van der Waals surface area contributed by atoms with Crippen LogP contribution in [0.25, 0.3) is 0 Å². The second-order valence-electron chi connectivity index (χ2n) is 5.44. The topological polar surface area (TPSA) is 73.2 Å². The molecule has 94 valence electrons. The molecule has 1 aliphatic heterocycles. The second kappa shape index (κ2) is 5.17. The molecule has 1 aliphatic rings. The maximum atomic E-state index is 11.7. The first kappa shape index (κ1) is 13.5. The molecular weight excluding hydrogens is 218 g/mol. The molecule has 1 unspecified atom stereocenters. The Morgan fingerprint density at radius 3 is 2.59 bits per heavy atom. The molecule has 0 radical (unpaired) electrons. The van der Waals surface area contributed by atoms with Gasteiger partial charge in [-0.05, 0) is 17.8 Å². The summed E-state index contributed by atoms with van der Waals surface area (Å²) >= 11 is 0. The van der Waals surface area contributed by atoms with Crippen molar-refractivity contribution in [2.45, 2.75) is 27.2 Å². The van der Waals surface area contributed by atoms with Gasteiger partial charge in [-0.15, -0.1) is 0 Å². The molecule has 0 aromatic rings. The minimum Gasteiger partial charge on any atom is -0.335 e. The highest BCUT2D eigenvalue weighted by atomic mass is 16.2. The standard InChI is InChI=1S/C12H19N3O2/c1-12(2,3)9-4-7-15(8-9)11(17)10(16)14-6-5-13/h9H,4,6-8H2,1-3H3,(H,14,16). The van der Waals surface area contributed by atoms with Crippen molar-refractivity contribution in [3.05, 3.63) is 0 Å². The summed E-state index contributed by atoms with van der Waals surface area (Å²) in [4.78, 5) is 24.7. The van der Waals surface area contributed by atoms with E-state index in [1.54, 1.807) is 11.0 Å². The van der Waals surface area contributed by atoms with Crippen molar-refractivity contribution in [1.82, 2.24) is 10.2 Å². The van der Waals surface area contributed by atoms with Gasteiger partial charge in [-0.25, -0.2) is 0 Å². The molecule has 1 atom stereocenters. The van der Waals surface area contributed by atoms with Gasteiger partial charge in [0.25, 0.3) is 0 Å². The average Bonchev–Trinajstić information content (AvgIpc) is 2.73. The van der Waals surface area contributed by atoms with Crippen molar-refractivity contribution in [3.8, 4) is 6.07 Å². The Balaban J connectivity index is 2.51. The predicted molar refractivity (Wildman–Crippen MR) is 62.8 cm³/mol. The lowest BCUT2D eigenvalue weighted by Crippen LogP contribution is -2.42. The van der Waals surface area contributed by atoms with Crippen LogP contribution in [0.15, 0.2) is 0 Å². The number of carbonyl (C=O) groups is 2. The first-order valence-electron chi connectivity index (χ1n) is 5.80. The zero-order chi connectivity index (χ0) is 13.1. The maximum absolute atomic E-state index is 11.7. The zero-order valence-electron chi connectivity index (χ0n) is 10.6. The van der Waals surface area contributed by atoms with Crippen LogP contribution in [-0.4, -0.2) is 36.3 Å². The highest BCUT2D eigenvalue weighted by Crippen LogP contribution is 2.33. The summed E-state index contributed by atoms with van der Waals surface area (Å²) in [6, 6.07) is 1.77. The summed E-state index contributed by atoms with van der Waals surface area (Å²) in [7, 11) is 0.